The minimum absolute atomic E-state index is 0.338. The van der Waals surface area contributed by atoms with E-state index in [9.17, 15) is 13.2 Å². The third-order valence-electron chi connectivity index (χ3n) is 3.93. The molecule has 0 saturated carbocycles. The second-order valence-electron chi connectivity index (χ2n) is 6.01. The number of benzene rings is 2. The maximum absolute atomic E-state index is 12.4. The molecule has 140 valence electrons. The van der Waals surface area contributed by atoms with E-state index in [4.69, 9.17) is 0 Å². The van der Waals surface area contributed by atoms with Gasteiger partial charge in [-0.15, -0.1) is 10.2 Å². The normalized spacial score (nSPS) is 11.2. The Morgan fingerprint density at radius 1 is 1.04 bits per heavy atom. The van der Waals surface area contributed by atoms with Crippen molar-refractivity contribution in [1.29, 1.82) is 0 Å². The molecule has 0 saturated heterocycles. The Morgan fingerprint density at radius 3 is 2.26 bits per heavy atom. The van der Waals surface area contributed by atoms with Crippen LogP contribution in [0.2, 0.25) is 0 Å². The van der Waals surface area contributed by atoms with Gasteiger partial charge in [0, 0.05) is 18.2 Å². The maximum atomic E-state index is 12.4. The van der Waals surface area contributed by atoms with Crippen molar-refractivity contribution < 1.29 is 13.2 Å². The van der Waals surface area contributed by atoms with Gasteiger partial charge >= 0.3 is 0 Å². The highest BCUT2D eigenvalue weighted by Gasteiger charge is 2.14. The summed E-state index contributed by atoms with van der Waals surface area (Å²) in [6.07, 6.45) is 1.12. The predicted octanol–water partition coefficient (Wildman–Crippen LogP) is 3.16. The van der Waals surface area contributed by atoms with E-state index in [1.807, 2.05) is 31.2 Å². The van der Waals surface area contributed by atoms with E-state index in [0.29, 0.717) is 16.4 Å². The standard InChI is InChI=1S/C18H18N4O3S2/c1-12-4-6-14(7-5-12)17-20-21-18(26-17)19-16(23)13-8-10-15(11-9-13)22(2)27(3,24)25/h4-11H,1-3H3,(H,19,21,23). The zero-order valence-electron chi connectivity index (χ0n) is 15.0. The van der Waals surface area contributed by atoms with Crippen LogP contribution >= 0.6 is 11.3 Å². The molecule has 2 aromatic carbocycles. The van der Waals surface area contributed by atoms with E-state index in [-0.39, 0.29) is 5.91 Å². The van der Waals surface area contributed by atoms with Crippen molar-refractivity contribution in [3.05, 3.63) is 59.7 Å². The highest BCUT2D eigenvalue weighted by Crippen LogP contribution is 2.27. The summed E-state index contributed by atoms with van der Waals surface area (Å²) >= 11 is 1.28. The van der Waals surface area contributed by atoms with Crippen LogP contribution in [0.1, 0.15) is 15.9 Å². The van der Waals surface area contributed by atoms with Crippen LogP contribution in [0.25, 0.3) is 10.6 Å². The van der Waals surface area contributed by atoms with Crippen LogP contribution < -0.4 is 9.62 Å². The number of rotatable bonds is 5. The lowest BCUT2D eigenvalue weighted by atomic mass is 10.2. The van der Waals surface area contributed by atoms with Gasteiger partial charge in [0.15, 0.2) is 0 Å². The number of hydrogen-bond donors (Lipinski definition) is 1. The first kappa shape index (κ1) is 19.0. The number of carbonyl (C=O) groups excluding carboxylic acids is 1. The van der Waals surface area contributed by atoms with Crippen LogP contribution in [0.4, 0.5) is 10.8 Å². The van der Waals surface area contributed by atoms with E-state index in [0.717, 1.165) is 26.7 Å². The van der Waals surface area contributed by atoms with Crippen molar-refractivity contribution in [3.8, 4) is 10.6 Å². The Balaban J connectivity index is 1.71. The van der Waals surface area contributed by atoms with Gasteiger partial charge in [0.25, 0.3) is 5.91 Å². The molecule has 0 bridgehead atoms. The summed E-state index contributed by atoms with van der Waals surface area (Å²) in [5, 5.41) is 11.9. The topological polar surface area (TPSA) is 92.3 Å². The van der Waals surface area contributed by atoms with Gasteiger partial charge in [-0.3, -0.25) is 14.4 Å². The molecule has 9 heteroatoms. The smallest absolute Gasteiger partial charge is 0.257 e. The lowest BCUT2D eigenvalue weighted by Crippen LogP contribution is -2.24. The van der Waals surface area contributed by atoms with Crippen molar-refractivity contribution in [1.82, 2.24) is 10.2 Å². The number of nitrogens with one attached hydrogen (secondary N) is 1. The zero-order chi connectivity index (χ0) is 19.6. The summed E-state index contributed by atoms with van der Waals surface area (Å²) in [6, 6.07) is 14.2. The number of aromatic nitrogens is 2. The number of amides is 1. The number of nitrogens with zero attached hydrogens (tertiary/aromatic N) is 3. The second-order valence-corrected chi connectivity index (χ2v) is 9.00. The summed E-state index contributed by atoms with van der Waals surface area (Å²) in [5.41, 5.74) is 2.97. The third-order valence-corrected chi connectivity index (χ3v) is 6.03. The molecule has 0 aliphatic carbocycles. The quantitative estimate of drug-likeness (QED) is 0.708. The molecule has 3 rings (SSSR count). The van der Waals surface area contributed by atoms with Crippen LogP contribution in [0.3, 0.4) is 0 Å². The molecule has 1 aromatic heterocycles. The van der Waals surface area contributed by atoms with Gasteiger partial charge in [-0.25, -0.2) is 8.42 Å². The molecule has 3 aromatic rings. The average Bonchev–Trinajstić information content (AvgIpc) is 3.09. The molecule has 27 heavy (non-hydrogen) atoms. The number of aryl methyl sites for hydroxylation is 1. The summed E-state index contributed by atoms with van der Waals surface area (Å²) < 4.78 is 24.3. The van der Waals surface area contributed by atoms with Crippen LogP contribution in [-0.2, 0) is 10.0 Å². The Morgan fingerprint density at radius 2 is 1.67 bits per heavy atom. The molecular weight excluding hydrogens is 384 g/mol. The van der Waals surface area contributed by atoms with E-state index in [2.05, 4.69) is 15.5 Å². The van der Waals surface area contributed by atoms with Gasteiger partial charge in [-0.2, -0.15) is 0 Å². The fourth-order valence-corrected chi connectivity index (χ4v) is 3.52. The van der Waals surface area contributed by atoms with Gasteiger partial charge in [-0.05, 0) is 31.2 Å². The monoisotopic (exact) mass is 402 g/mol. The van der Waals surface area contributed by atoms with Crippen molar-refractivity contribution in [2.45, 2.75) is 6.92 Å². The number of hydrogen-bond acceptors (Lipinski definition) is 6. The first-order valence-corrected chi connectivity index (χ1v) is 10.7. The molecule has 0 aliphatic rings. The lowest BCUT2D eigenvalue weighted by Gasteiger charge is -2.16. The Hall–Kier alpha value is -2.78. The zero-order valence-corrected chi connectivity index (χ0v) is 16.6. The van der Waals surface area contributed by atoms with E-state index < -0.39 is 10.0 Å². The van der Waals surface area contributed by atoms with Crippen LogP contribution in [0.5, 0.6) is 0 Å². The number of anilines is 2. The molecular formula is C18H18N4O3S2. The van der Waals surface area contributed by atoms with E-state index in [1.54, 1.807) is 24.3 Å². The van der Waals surface area contributed by atoms with Crippen LogP contribution in [0, 0.1) is 6.92 Å². The van der Waals surface area contributed by atoms with Crippen LogP contribution in [0.15, 0.2) is 48.5 Å². The molecule has 0 atom stereocenters. The van der Waals surface area contributed by atoms with E-state index in [1.165, 1.54) is 18.4 Å². The van der Waals surface area contributed by atoms with Gasteiger partial charge in [0.1, 0.15) is 5.01 Å². The first-order chi connectivity index (χ1) is 12.7. The Kier molecular flexibility index (Phi) is 5.24. The Labute approximate surface area is 161 Å². The average molecular weight is 403 g/mol. The minimum atomic E-state index is -3.35. The largest absolute Gasteiger partial charge is 0.296 e. The molecule has 1 amide bonds. The van der Waals surface area contributed by atoms with Crippen molar-refractivity contribution >= 4 is 38.1 Å². The predicted molar refractivity (Wildman–Crippen MR) is 108 cm³/mol. The fourth-order valence-electron chi connectivity index (χ4n) is 2.27. The molecule has 0 spiro atoms. The first-order valence-electron chi connectivity index (χ1n) is 8.00. The fraction of sp³-hybridized carbons (Fsp3) is 0.167. The molecule has 1 N–H and O–H groups in total. The molecule has 0 unspecified atom stereocenters. The third kappa shape index (κ3) is 4.50. The molecule has 0 radical (unpaired) electrons. The lowest BCUT2D eigenvalue weighted by molar-refractivity contribution is 0.102. The van der Waals surface area contributed by atoms with Crippen molar-refractivity contribution in [2.75, 3.05) is 22.9 Å². The number of carbonyl (C=O) groups is 1. The molecule has 1 heterocycles. The minimum Gasteiger partial charge on any atom is -0.296 e. The second kappa shape index (κ2) is 7.45. The van der Waals surface area contributed by atoms with Gasteiger partial charge in [0.05, 0.1) is 11.9 Å². The summed E-state index contributed by atoms with van der Waals surface area (Å²) in [4.78, 5) is 12.4. The Bertz CT molecular complexity index is 1060. The maximum Gasteiger partial charge on any atom is 0.257 e. The van der Waals surface area contributed by atoms with E-state index >= 15 is 0 Å². The molecule has 0 aliphatic heterocycles. The molecule has 0 fully saturated rings. The van der Waals surface area contributed by atoms with Gasteiger partial charge in [-0.1, -0.05) is 41.2 Å². The summed E-state index contributed by atoms with van der Waals surface area (Å²) in [7, 11) is -1.89. The van der Waals surface area contributed by atoms with Gasteiger partial charge < -0.3 is 0 Å². The highest BCUT2D eigenvalue weighted by molar-refractivity contribution is 7.92. The molecule has 7 nitrogen and oxygen atoms in total. The van der Waals surface area contributed by atoms with Crippen molar-refractivity contribution in [2.24, 2.45) is 0 Å². The highest BCUT2D eigenvalue weighted by atomic mass is 32.2. The van der Waals surface area contributed by atoms with Crippen molar-refractivity contribution in [3.63, 3.8) is 0 Å². The summed E-state index contributed by atoms with van der Waals surface area (Å²) in [6.45, 7) is 2.01. The SMILES string of the molecule is Cc1ccc(-c2nnc(NC(=O)c3ccc(N(C)S(C)(=O)=O)cc3)s2)cc1. The number of sulfonamides is 1. The van der Waals surface area contributed by atoms with Crippen LogP contribution in [-0.4, -0.2) is 37.8 Å². The van der Waals surface area contributed by atoms with Gasteiger partial charge in [0.2, 0.25) is 15.2 Å². The summed E-state index contributed by atoms with van der Waals surface area (Å²) in [5.74, 6) is -0.338.